The van der Waals surface area contributed by atoms with Crippen LogP contribution in [-0.2, 0) is 20.1 Å². The van der Waals surface area contributed by atoms with Crippen molar-refractivity contribution in [2.45, 2.75) is 45.3 Å². The number of benzene rings is 1. The zero-order valence-electron chi connectivity index (χ0n) is 17.8. The van der Waals surface area contributed by atoms with Crippen molar-refractivity contribution >= 4 is 6.03 Å². The number of carbonyl (C=O) groups is 1. The normalized spacial score (nSPS) is 15.3. The Hall–Kier alpha value is -2.54. The van der Waals surface area contributed by atoms with Crippen molar-refractivity contribution in [3.63, 3.8) is 0 Å². The summed E-state index contributed by atoms with van der Waals surface area (Å²) in [4.78, 5) is 17.3. The highest BCUT2D eigenvalue weighted by molar-refractivity contribution is 5.74. The van der Waals surface area contributed by atoms with E-state index in [-0.39, 0.29) is 12.1 Å². The van der Waals surface area contributed by atoms with Crippen LogP contribution in [-0.4, -0.2) is 58.4 Å². The smallest absolute Gasteiger partial charge is 0.318 e. The minimum atomic E-state index is -0.0310. The molecule has 0 spiro atoms. The fraction of sp³-hybridized carbons (Fsp3) is 0.545. The SMILES string of the molecule is CCCOc1ccc(CNC(=O)N(Cc2ccn(C)n2)C2CCN(C)CC2)cc1. The highest BCUT2D eigenvalue weighted by Gasteiger charge is 2.27. The number of hydrogen-bond acceptors (Lipinski definition) is 4. The average molecular weight is 400 g/mol. The van der Waals surface area contributed by atoms with Crippen molar-refractivity contribution in [3.8, 4) is 5.75 Å². The van der Waals surface area contributed by atoms with Gasteiger partial charge in [0.05, 0.1) is 18.8 Å². The number of piperidine rings is 1. The van der Waals surface area contributed by atoms with Gasteiger partial charge in [-0.1, -0.05) is 19.1 Å². The maximum Gasteiger partial charge on any atom is 0.318 e. The Balaban J connectivity index is 1.61. The van der Waals surface area contributed by atoms with Gasteiger partial charge in [0, 0.05) is 25.8 Å². The number of aryl methyl sites for hydroxylation is 1. The predicted molar refractivity (Wildman–Crippen MR) is 114 cm³/mol. The third kappa shape index (κ3) is 6.22. The molecule has 2 heterocycles. The van der Waals surface area contributed by atoms with Gasteiger partial charge in [0.25, 0.3) is 0 Å². The summed E-state index contributed by atoms with van der Waals surface area (Å²) in [5.74, 6) is 0.866. The quantitative estimate of drug-likeness (QED) is 0.741. The number of hydrogen-bond donors (Lipinski definition) is 1. The van der Waals surface area contributed by atoms with Crippen LogP contribution < -0.4 is 10.1 Å². The summed E-state index contributed by atoms with van der Waals surface area (Å²) in [7, 11) is 4.03. The van der Waals surface area contributed by atoms with E-state index in [1.54, 1.807) is 4.68 Å². The van der Waals surface area contributed by atoms with Crippen molar-refractivity contribution in [3.05, 3.63) is 47.8 Å². The highest BCUT2D eigenvalue weighted by Crippen LogP contribution is 2.19. The second-order valence-electron chi connectivity index (χ2n) is 7.79. The van der Waals surface area contributed by atoms with Gasteiger partial charge in [-0.05, 0) is 63.2 Å². The summed E-state index contributed by atoms with van der Waals surface area (Å²) < 4.78 is 7.40. The molecule has 0 unspecified atom stereocenters. The monoisotopic (exact) mass is 399 g/mol. The van der Waals surface area contributed by atoms with E-state index in [0.717, 1.165) is 56.0 Å². The molecule has 1 saturated heterocycles. The van der Waals surface area contributed by atoms with Gasteiger partial charge in [-0.2, -0.15) is 5.10 Å². The van der Waals surface area contributed by atoms with Gasteiger partial charge >= 0.3 is 6.03 Å². The zero-order chi connectivity index (χ0) is 20.6. The molecule has 0 atom stereocenters. The van der Waals surface area contributed by atoms with Crippen LogP contribution in [0.2, 0.25) is 0 Å². The van der Waals surface area contributed by atoms with E-state index in [1.165, 1.54) is 0 Å². The molecule has 158 valence electrons. The van der Waals surface area contributed by atoms with Crippen molar-refractivity contribution in [2.75, 3.05) is 26.7 Å². The number of ether oxygens (including phenoxy) is 1. The van der Waals surface area contributed by atoms with E-state index in [1.807, 2.05) is 48.5 Å². The first-order chi connectivity index (χ1) is 14.0. The predicted octanol–water partition coefficient (Wildman–Crippen LogP) is 3.01. The number of nitrogens with zero attached hydrogens (tertiary/aromatic N) is 4. The number of carbonyl (C=O) groups excluding carboxylic acids is 1. The third-order valence-corrected chi connectivity index (χ3v) is 5.33. The van der Waals surface area contributed by atoms with E-state index >= 15 is 0 Å². The maximum absolute atomic E-state index is 13.1. The van der Waals surface area contributed by atoms with Crippen LogP contribution in [0, 0.1) is 0 Å². The molecule has 1 aliphatic heterocycles. The van der Waals surface area contributed by atoms with Gasteiger partial charge in [-0.25, -0.2) is 4.79 Å². The molecule has 1 aromatic carbocycles. The van der Waals surface area contributed by atoms with Gasteiger partial charge in [-0.15, -0.1) is 0 Å². The van der Waals surface area contributed by atoms with Gasteiger partial charge in [0.15, 0.2) is 0 Å². The topological polar surface area (TPSA) is 62.6 Å². The lowest BCUT2D eigenvalue weighted by Gasteiger charge is -2.37. The summed E-state index contributed by atoms with van der Waals surface area (Å²) in [6, 6.07) is 10.1. The summed E-state index contributed by atoms with van der Waals surface area (Å²) in [6.07, 6.45) is 4.88. The summed E-state index contributed by atoms with van der Waals surface area (Å²) in [6.45, 7) is 5.86. The fourth-order valence-electron chi connectivity index (χ4n) is 3.60. The molecule has 1 N–H and O–H groups in total. The standard InChI is InChI=1S/C22H33N5O2/c1-4-15-29-21-7-5-18(6-8-21)16-23-22(28)27(17-19-9-14-26(3)24-19)20-10-12-25(2)13-11-20/h5-9,14,20H,4,10-13,15-17H2,1-3H3,(H,23,28). The minimum Gasteiger partial charge on any atom is -0.494 e. The number of aromatic nitrogens is 2. The van der Waals surface area contributed by atoms with Crippen molar-refractivity contribution in [1.29, 1.82) is 0 Å². The number of likely N-dealkylation sites (tertiary alicyclic amines) is 1. The van der Waals surface area contributed by atoms with Crippen molar-refractivity contribution in [2.24, 2.45) is 7.05 Å². The van der Waals surface area contributed by atoms with Crippen LogP contribution in [0.5, 0.6) is 5.75 Å². The Morgan fingerprint density at radius 2 is 1.93 bits per heavy atom. The molecule has 7 heteroatoms. The number of urea groups is 1. The van der Waals surface area contributed by atoms with E-state index < -0.39 is 0 Å². The Kier molecular flexibility index (Phi) is 7.52. The summed E-state index contributed by atoms with van der Waals surface area (Å²) in [5.41, 5.74) is 1.97. The van der Waals surface area contributed by atoms with Crippen LogP contribution in [0.15, 0.2) is 36.5 Å². The van der Waals surface area contributed by atoms with Gasteiger partial charge in [0.2, 0.25) is 0 Å². The second kappa shape index (κ2) is 10.3. The van der Waals surface area contributed by atoms with E-state index in [9.17, 15) is 4.79 Å². The molecule has 7 nitrogen and oxygen atoms in total. The van der Waals surface area contributed by atoms with E-state index in [0.29, 0.717) is 13.1 Å². The molecule has 1 aromatic heterocycles. The maximum atomic E-state index is 13.1. The Morgan fingerprint density at radius 3 is 2.55 bits per heavy atom. The summed E-state index contributed by atoms with van der Waals surface area (Å²) in [5, 5.41) is 7.56. The van der Waals surface area contributed by atoms with Crippen LogP contribution >= 0.6 is 0 Å². The van der Waals surface area contributed by atoms with Gasteiger partial charge in [0.1, 0.15) is 5.75 Å². The molecule has 1 aliphatic rings. The first-order valence-electron chi connectivity index (χ1n) is 10.5. The van der Waals surface area contributed by atoms with Crippen LogP contribution in [0.3, 0.4) is 0 Å². The molecule has 0 saturated carbocycles. The van der Waals surface area contributed by atoms with Gasteiger partial charge < -0.3 is 19.9 Å². The molecule has 1 fully saturated rings. The minimum absolute atomic E-state index is 0.0310. The molecule has 0 bridgehead atoms. The molecule has 2 aromatic rings. The zero-order valence-corrected chi connectivity index (χ0v) is 17.8. The Bertz CT molecular complexity index is 766. The molecule has 0 aliphatic carbocycles. The Morgan fingerprint density at radius 1 is 1.21 bits per heavy atom. The van der Waals surface area contributed by atoms with Crippen molar-refractivity contribution < 1.29 is 9.53 Å². The van der Waals surface area contributed by atoms with Crippen LogP contribution in [0.25, 0.3) is 0 Å². The molecular formula is C22H33N5O2. The average Bonchev–Trinajstić information content (AvgIpc) is 3.15. The summed E-state index contributed by atoms with van der Waals surface area (Å²) >= 11 is 0. The first kappa shape index (κ1) is 21.2. The Labute approximate surface area is 173 Å². The second-order valence-corrected chi connectivity index (χ2v) is 7.79. The van der Waals surface area contributed by atoms with Crippen LogP contribution in [0.4, 0.5) is 4.79 Å². The molecule has 3 rings (SSSR count). The van der Waals surface area contributed by atoms with Crippen LogP contribution in [0.1, 0.15) is 37.4 Å². The fourth-order valence-corrected chi connectivity index (χ4v) is 3.60. The highest BCUT2D eigenvalue weighted by atomic mass is 16.5. The number of rotatable bonds is 8. The molecule has 0 radical (unpaired) electrons. The van der Waals surface area contributed by atoms with E-state index in [4.69, 9.17) is 4.74 Å². The largest absolute Gasteiger partial charge is 0.494 e. The molecule has 2 amide bonds. The lowest BCUT2D eigenvalue weighted by molar-refractivity contribution is 0.126. The van der Waals surface area contributed by atoms with E-state index in [2.05, 4.69) is 29.3 Å². The third-order valence-electron chi connectivity index (χ3n) is 5.33. The molecular weight excluding hydrogens is 366 g/mol. The number of nitrogens with one attached hydrogen (secondary N) is 1. The lowest BCUT2D eigenvalue weighted by Crippen LogP contribution is -2.49. The van der Waals surface area contributed by atoms with Crippen molar-refractivity contribution in [1.82, 2.24) is 24.9 Å². The van der Waals surface area contributed by atoms with Gasteiger partial charge in [-0.3, -0.25) is 4.68 Å². The lowest BCUT2D eigenvalue weighted by atomic mass is 10.0. The first-order valence-corrected chi connectivity index (χ1v) is 10.5. The molecule has 29 heavy (non-hydrogen) atoms. The number of amides is 2.